The Morgan fingerprint density at radius 3 is 2.03 bits per heavy atom. The summed E-state index contributed by atoms with van der Waals surface area (Å²) in [5, 5.41) is 7.74. The van der Waals surface area contributed by atoms with Crippen molar-refractivity contribution in [2.45, 2.75) is 91.4 Å². The highest BCUT2D eigenvalue weighted by Crippen LogP contribution is 2.40. The first kappa shape index (κ1) is 43.2. The maximum absolute atomic E-state index is 14.1. The second-order valence-electron chi connectivity index (χ2n) is 18.7. The Bertz CT molecular complexity index is 2490. The molecule has 6 aromatic rings. The van der Waals surface area contributed by atoms with E-state index in [9.17, 15) is 9.59 Å². The van der Waals surface area contributed by atoms with Crippen molar-refractivity contribution in [1.29, 1.82) is 0 Å². The fourth-order valence-corrected chi connectivity index (χ4v) is 12.5. The molecule has 0 spiro atoms. The molecule has 0 aliphatic carbocycles. The van der Waals surface area contributed by atoms with E-state index in [1.54, 1.807) is 32.2 Å². The van der Waals surface area contributed by atoms with Crippen LogP contribution < -0.4 is 15.7 Å². The van der Waals surface area contributed by atoms with Crippen LogP contribution >= 0.6 is 0 Å². The molecule has 1 aliphatic heterocycles. The van der Waals surface area contributed by atoms with Crippen LogP contribution in [0.4, 0.5) is 10.5 Å². The molecule has 0 saturated carbocycles. The van der Waals surface area contributed by atoms with E-state index in [2.05, 4.69) is 111 Å². The van der Waals surface area contributed by atoms with Gasteiger partial charge in [0.2, 0.25) is 0 Å². The Hall–Kier alpha value is -5.88. The predicted molar refractivity (Wildman–Crippen MR) is 246 cm³/mol. The molecule has 11 heteroatoms. The number of fused-ring (bicyclic) bond motifs is 1. The lowest BCUT2D eigenvalue weighted by Crippen LogP contribution is -2.66. The number of hydrogen-bond acceptors (Lipinski definition) is 8. The molecule has 0 saturated heterocycles. The van der Waals surface area contributed by atoms with Gasteiger partial charge in [-0.05, 0) is 83.4 Å². The molecule has 1 aliphatic rings. The zero-order valence-corrected chi connectivity index (χ0v) is 37.8. The SMILES string of the molecule is CC(C)(C)OC(=O)ON1CC=C(c2cc3c(-c4cccc(NC(=O)c5ccc(C(C)(C)C)cc5)c4CO[Si](c4ccccc4)(c4ccccc4)C(C)(C)C)ncnc3[nH]2)CC1. The van der Waals surface area contributed by atoms with Crippen molar-refractivity contribution in [3.8, 4) is 11.3 Å². The number of hydroxylamine groups is 2. The molecule has 3 heterocycles. The first-order valence-corrected chi connectivity index (χ1v) is 22.8. The van der Waals surface area contributed by atoms with Gasteiger partial charge in [-0.15, -0.1) is 5.06 Å². The van der Waals surface area contributed by atoms with Crippen molar-refractivity contribution in [2.24, 2.45) is 0 Å². The summed E-state index contributed by atoms with van der Waals surface area (Å²) >= 11 is 0. The van der Waals surface area contributed by atoms with Crippen molar-refractivity contribution in [3.05, 3.63) is 144 Å². The van der Waals surface area contributed by atoms with Gasteiger partial charge in [0.05, 0.1) is 18.8 Å². The average molecular weight is 836 g/mol. The fourth-order valence-electron chi connectivity index (χ4n) is 8.02. The second-order valence-corrected chi connectivity index (χ2v) is 23.0. The fraction of sp³-hybridized carbons (Fsp3) is 0.320. The number of rotatable bonds is 10. The normalized spacial score (nSPS) is 14.1. The van der Waals surface area contributed by atoms with Crippen LogP contribution in [0, 0.1) is 0 Å². The third-order valence-electron chi connectivity index (χ3n) is 11.1. The van der Waals surface area contributed by atoms with Gasteiger partial charge in [-0.1, -0.05) is 133 Å². The standard InChI is InChI=1S/C50H57N5O5Si/c1-48(2,3)36-25-23-35(24-26-36)46(56)54-42-22-16-21-39(41(42)32-58-61(50(7,8)9,37-17-12-10-13-18-37)38-19-14-11-15-20-38)44-40-31-43(53-45(40)52-33-51-44)34-27-29-55(30-28-34)60-47(57)59-49(4,5)6/h10-27,31,33H,28-30,32H2,1-9H3,(H,54,56)(H,51,52,53). The Balaban J connectivity index is 1.29. The molecular weight excluding hydrogens is 779 g/mol. The third-order valence-corrected chi connectivity index (χ3v) is 16.1. The minimum atomic E-state index is -3.01. The monoisotopic (exact) mass is 835 g/mol. The molecule has 7 rings (SSSR count). The molecule has 316 valence electrons. The second kappa shape index (κ2) is 17.2. The van der Waals surface area contributed by atoms with Crippen molar-refractivity contribution in [2.75, 3.05) is 18.4 Å². The molecule has 2 aromatic heterocycles. The number of aromatic amines is 1. The van der Waals surface area contributed by atoms with Crippen LogP contribution in [0.1, 0.15) is 95.9 Å². The largest absolute Gasteiger partial charge is 0.528 e. The summed E-state index contributed by atoms with van der Waals surface area (Å²) in [6.45, 7) is 19.8. The first-order valence-electron chi connectivity index (χ1n) is 20.9. The van der Waals surface area contributed by atoms with E-state index < -0.39 is 20.1 Å². The predicted octanol–water partition coefficient (Wildman–Crippen LogP) is 10.2. The Morgan fingerprint density at radius 1 is 0.803 bits per heavy atom. The van der Waals surface area contributed by atoms with Gasteiger partial charge in [-0.3, -0.25) is 4.79 Å². The van der Waals surface area contributed by atoms with Crippen LogP contribution in [-0.2, 0) is 26.0 Å². The van der Waals surface area contributed by atoms with Gasteiger partial charge >= 0.3 is 6.16 Å². The third kappa shape index (κ3) is 9.54. The number of benzene rings is 4. The lowest BCUT2D eigenvalue weighted by atomic mass is 9.86. The van der Waals surface area contributed by atoms with E-state index >= 15 is 0 Å². The van der Waals surface area contributed by atoms with Gasteiger partial charge in [0.15, 0.2) is 0 Å². The molecule has 4 aromatic carbocycles. The van der Waals surface area contributed by atoms with E-state index in [0.717, 1.165) is 43.7 Å². The van der Waals surface area contributed by atoms with Gasteiger partial charge in [0, 0.05) is 40.0 Å². The first-order chi connectivity index (χ1) is 28.9. The lowest BCUT2D eigenvalue weighted by Gasteiger charge is -2.43. The van der Waals surface area contributed by atoms with Crippen molar-refractivity contribution < 1.29 is 23.6 Å². The highest BCUT2D eigenvalue weighted by atomic mass is 28.4. The molecule has 1 amide bonds. The lowest BCUT2D eigenvalue weighted by molar-refractivity contribution is -0.137. The highest BCUT2D eigenvalue weighted by Gasteiger charge is 2.50. The molecular formula is C50H57N5O5Si. The van der Waals surface area contributed by atoms with E-state index in [0.29, 0.717) is 42.1 Å². The van der Waals surface area contributed by atoms with Crippen LogP contribution in [0.15, 0.2) is 122 Å². The minimum Gasteiger partial charge on any atom is -0.427 e. The van der Waals surface area contributed by atoms with Crippen LogP contribution in [0.2, 0.25) is 5.04 Å². The van der Waals surface area contributed by atoms with E-state index in [1.165, 1.54) is 0 Å². The number of nitrogens with one attached hydrogen (secondary N) is 2. The van der Waals surface area contributed by atoms with Crippen molar-refractivity contribution in [3.63, 3.8) is 0 Å². The number of carbonyl (C=O) groups is 2. The zero-order valence-electron chi connectivity index (χ0n) is 36.8. The Labute approximate surface area is 360 Å². The summed E-state index contributed by atoms with van der Waals surface area (Å²) in [4.78, 5) is 45.0. The summed E-state index contributed by atoms with van der Waals surface area (Å²) in [6, 6.07) is 36.9. The van der Waals surface area contributed by atoms with E-state index in [1.807, 2.05) is 60.7 Å². The van der Waals surface area contributed by atoms with Crippen molar-refractivity contribution >= 4 is 53.0 Å². The molecule has 0 bridgehead atoms. The highest BCUT2D eigenvalue weighted by molar-refractivity contribution is 6.99. The number of ether oxygens (including phenoxy) is 1. The molecule has 0 atom stereocenters. The molecule has 10 nitrogen and oxygen atoms in total. The summed E-state index contributed by atoms with van der Waals surface area (Å²) in [6.07, 6.45) is 3.52. The number of carbonyl (C=O) groups excluding carboxylic acids is 2. The van der Waals surface area contributed by atoms with Crippen LogP contribution in [0.25, 0.3) is 27.9 Å². The summed E-state index contributed by atoms with van der Waals surface area (Å²) in [5.74, 6) is -0.213. The van der Waals surface area contributed by atoms with Gasteiger partial charge in [-0.2, -0.15) is 0 Å². The van der Waals surface area contributed by atoms with Gasteiger partial charge in [0.25, 0.3) is 14.2 Å². The Morgan fingerprint density at radius 2 is 1.46 bits per heavy atom. The number of nitrogens with zero attached hydrogens (tertiary/aromatic N) is 3. The molecule has 0 fully saturated rings. The van der Waals surface area contributed by atoms with E-state index in [-0.39, 0.29) is 23.0 Å². The molecule has 61 heavy (non-hydrogen) atoms. The van der Waals surface area contributed by atoms with Gasteiger partial charge in [-0.25, -0.2) is 14.8 Å². The van der Waals surface area contributed by atoms with E-state index in [4.69, 9.17) is 19.0 Å². The van der Waals surface area contributed by atoms with Gasteiger partial charge < -0.3 is 24.3 Å². The summed E-state index contributed by atoms with van der Waals surface area (Å²) < 4.78 is 12.9. The Kier molecular flexibility index (Phi) is 12.2. The molecule has 2 N–H and O–H groups in total. The number of anilines is 1. The number of aromatic nitrogens is 3. The van der Waals surface area contributed by atoms with Crippen LogP contribution in [0.3, 0.4) is 0 Å². The quantitative estimate of drug-likeness (QED) is 0.103. The number of amides is 1. The zero-order chi connectivity index (χ0) is 43.6. The van der Waals surface area contributed by atoms with Crippen molar-refractivity contribution in [1.82, 2.24) is 20.0 Å². The number of H-pyrrole nitrogens is 1. The number of hydrogen-bond donors (Lipinski definition) is 2. The maximum Gasteiger partial charge on any atom is 0.528 e. The van der Waals surface area contributed by atoms with Crippen LogP contribution in [-0.4, -0.2) is 59.1 Å². The van der Waals surface area contributed by atoms with Crippen LogP contribution in [0.5, 0.6) is 0 Å². The maximum atomic E-state index is 14.1. The minimum absolute atomic E-state index is 0.0418. The summed E-state index contributed by atoms with van der Waals surface area (Å²) in [7, 11) is -3.01. The van der Waals surface area contributed by atoms with Gasteiger partial charge in [0.1, 0.15) is 17.6 Å². The smallest absolute Gasteiger partial charge is 0.427 e. The average Bonchev–Trinajstić information content (AvgIpc) is 3.66. The topological polar surface area (TPSA) is 119 Å². The molecule has 0 unspecified atom stereocenters. The summed E-state index contributed by atoms with van der Waals surface area (Å²) in [5.41, 5.74) is 6.68. The molecule has 0 radical (unpaired) electrons.